The van der Waals surface area contributed by atoms with Crippen molar-refractivity contribution in [3.8, 4) is 0 Å². The number of rotatable bonds is 0. The van der Waals surface area contributed by atoms with Crippen molar-refractivity contribution < 1.29 is 18.0 Å². The van der Waals surface area contributed by atoms with Gasteiger partial charge in [-0.1, -0.05) is 0 Å². The topological polar surface area (TPSA) is 17.1 Å². The van der Waals surface area contributed by atoms with Crippen molar-refractivity contribution in [3.05, 3.63) is 11.6 Å². The van der Waals surface area contributed by atoms with Crippen LogP contribution in [-0.4, -0.2) is 12.0 Å². The van der Waals surface area contributed by atoms with Gasteiger partial charge in [-0.3, -0.25) is 4.79 Å². The van der Waals surface area contributed by atoms with Crippen LogP contribution in [0.2, 0.25) is 0 Å². The maximum Gasteiger partial charge on any atom is 0.410 e. The van der Waals surface area contributed by atoms with E-state index in [0.717, 1.165) is 0 Å². The zero-order valence-electron chi connectivity index (χ0n) is 5.74. The monoisotopic (exact) mass is 164 g/mol. The van der Waals surface area contributed by atoms with Crippen molar-refractivity contribution >= 4 is 5.78 Å². The zero-order valence-corrected chi connectivity index (χ0v) is 5.74. The number of Topliss-reactive ketones (excluding diaryl/α,β-unsaturated/α-hetero) is 1. The molecule has 0 amide bonds. The largest absolute Gasteiger partial charge is 0.410 e. The molecule has 0 bridgehead atoms. The molecule has 0 unspecified atom stereocenters. The first-order valence-electron chi connectivity index (χ1n) is 3.31. The molecule has 0 saturated heterocycles. The van der Waals surface area contributed by atoms with Gasteiger partial charge in [-0.2, -0.15) is 13.2 Å². The molecule has 0 N–H and O–H groups in total. The highest BCUT2D eigenvalue weighted by Gasteiger charge is 2.28. The van der Waals surface area contributed by atoms with Gasteiger partial charge in [0.15, 0.2) is 5.78 Å². The molecule has 0 aromatic rings. The Morgan fingerprint density at radius 1 is 1.27 bits per heavy atom. The van der Waals surface area contributed by atoms with Gasteiger partial charge in [-0.25, -0.2) is 0 Å². The molecule has 1 nitrogen and oxygen atoms in total. The summed E-state index contributed by atoms with van der Waals surface area (Å²) in [7, 11) is 0. The Morgan fingerprint density at radius 3 is 2.27 bits per heavy atom. The molecule has 1 rings (SSSR count). The molecule has 0 radical (unpaired) electrons. The van der Waals surface area contributed by atoms with Gasteiger partial charge in [-0.05, 0) is 12.8 Å². The van der Waals surface area contributed by atoms with Crippen LogP contribution in [0.4, 0.5) is 13.2 Å². The van der Waals surface area contributed by atoms with Crippen molar-refractivity contribution in [1.29, 1.82) is 0 Å². The fraction of sp³-hybridized carbons (Fsp3) is 0.571. The predicted molar refractivity (Wildman–Crippen MR) is 33.0 cm³/mol. The third kappa shape index (κ3) is 2.37. The third-order valence-corrected chi connectivity index (χ3v) is 1.55. The van der Waals surface area contributed by atoms with Crippen molar-refractivity contribution in [2.24, 2.45) is 0 Å². The van der Waals surface area contributed by atoms with E-state index in [4.69, 9.17) is 0 Å². The molecule has 1 aliphatic rings. The molecule has 4 heteroatoms. The second-order valence-electron chi connectivity index (χ2n) is 2.49. The fourth-order valence-electron chi connectivity index (χ4n) is 1.09. The van der Waals surface area contributed by atoms with Crippen molar-refractivity contribution in [2.45, 2.75) is 25.4 Å². The summed E-state index contributed by atoms with van der Waals surface area (Å²) in [5, 5.41) is 0. The van der Waals surface area contributed by atoms with Crippen LogP contribution in [0.1, 0.15) is 19.3 Å². The number of halogens is 3. The van der Waals surface area contributed by atoms with Gasteiger partial charge in [0.1, 0.15) is 0 Å². The lowest BCUT2D eigenvalue weighted by Crippen LogP contribution is -2.05. The van der Waals surface area contributed by atoms with Crippen LogP contribution in [0.15, 0.2) is 11.6 Å². The Kier molecular flexibility index (Phi) is 2.02. The summed E-state index contributed by atoms with van der Waals surface area (Å²) in [6.07, 6.45) is -3.13. The van der Waals surface area contributed by atoms with Gasteiger partial charge >= 0.3 is 6.18 Å². The van der Waals surface area contributed by atoms with Gasteiger partial charge in [-0.15, -0.1) is 0 Å². The fourth-order valence-corrected chi connectivity index (χ4v) is 1.09. The molecular formula is C7H7F3O. The maximum absolute atomic E-state index is 11.7. The van der Waals surface area contributed by atoms with E-state index < -0.39 is 6.18 Å². The standard InChI is InChI=1S/C7H7F3O/c8-7(9,10)4-5-2-1-3-6(5)11/h4H,1-3H2. The summed E-state index contributed by atoms with van der Waals surface area (Å²) >= 11 is 0. The van der Waals surface area contributed by atoms with E-state index in [2.05, 4.69) is 0 Å². The van der Waals surface area contributed by atoms with Gasteiger partial charge in [0.2, 0.25) is 0 Å². The minimum absolute atomic E-state index is 0.0718. The molecule has 1 saturated carbocycles. The second kappa shape index (κ2) is 2.68. The lowest BCUT2D eigenvalue weighted by atomic mass is 10.2. The second-order valence-corrected chi connectivity index (χ2v) is 2.49. The molecule has 0 heterocycles. The normalized spacial score (nSPS) is 23.2. The molecule has 0 atom stereocenters. The van der Waals surface area contributed by atoms with Crippen LogP contribution in [0, 0.1) is 0 Å². The Labute approximate surface area is 61.9 Å². The number of hydrogen-bond acceptors (Lipinski definition) is 1. The summed E-state index contributed by atoms with van der Waals surface area (Å²) in [6, 6.07) is 0. The van der Waals surface area contributed by atoms with E-state index in [1.54, 1.807) is 0 Å². The average Bonchev–Trinajstić information content (AvgIpc) is 2.12. The minimum Gasteiger partial charge on any atom is -0.295 e. The Morgan fingerprint density at radius 2 is 1.91 bits per heavy atom. The molecule has 0 spiro atoms. The minimum atomic E-state index is -4.34. The molecule has 0 aliphatic heterocycles. The van der Waals surface area contributed by atoms with E-state index in [9.17, 15) is 18.0 Å². The Bertz CT molecular complexity index is 202. The van der Waals surface area contributed by atoms with E-state index in [1.807, 2.05) is 0 Å². The molecule has 62 valence electrons. The third-order valence-electron chi connectivity index (χ3n) is 1.55. The van der Waals surface area contributed by atoms with E-state index in [0.29, 0.717) is 6.42 Å². The zero-order chi connectivity index (χ0) is 8.48. The summed E-state index contributed by atoms with van der Waals surface area (Å²) in [4.78, 5) is 10.7. The predicted octanol–water partition coefficient (Wildman–Crippen LogP) is 2.23. The maximum atomic E-state index is 11.7. The Hall–Kier alpha value is -0.800. The average molecular weight is 164 g/mol. The quantitative estimate of drug-likeness (QED) is 0.502. The van der Waals surface area contributed by atoms with Crippen molar-refractivity contribution in [1.82, 2.24) is 0 Å². The smallest absolute Gasteiger partial charge is 0.295 e. The SMILES string of the molecule is O=C1CCCC1=CC(F)(F)F. The van der Waals surface area contributed by atoms with Gasteiger partial charge < -0.3 is 0 Å². The van der Waals surface area contributed by atoms with Crippen LogP contribution < -0.4 is 0 Å². The van der Waals surface area contributed by atoms with Gasteiger partial charge in [0.25, 0.3) is 0 Å². The van der Waals surface area contributed by atoms with Crippen LogP contribution >= 0.6 is 0 Å². The molecular weight excluding hydrogens is 157 g/mol. The van der Waals surface area contributed by atoms with E-state index in [-0.39, 0.29) is 30.3 Å². The van der Waals surface area contributed by atoms with E-state index in [1.165, 1.54) is 0 Å². The van der Waals surface area contributed by atoms with Crippen molar-refractivity contribution in [3.63, 3.8) is 0 Å². The summed E-state index contributed by atoms with van der Waals surface area (Å²) in [5.74, 6) is -0.359. The van der Waals surface area contributed by atoms with Crippen LogP contribution in [0.25, 0.3) is 0 Å². The van der Waals surface area contributed by atoms with Crippen LogP contribution in [0.3, 0.4) is 0 Å². The number of ketones is 1. The first-order chi connectivity index (χ1) is 4.99. The number of hydrogen-bond donors (Lipinski definition) is 0. The Balaban J connectivity index is 2.73. The molecule has 1 fully saturated rings. The highest BCUT2D eigenvalue weighted by molar-refractivity contribution is 5.97. The highest BCUT2D eigenvalue weighted by Crippen LogP contribution is 2.26. The van der Waals surface area contributed by atoms with Crippen LogP contribution in [0.5, 0.6) is 0 Å². The molecule has 1 aliphatic carbocycles. The van der Waals surface area contributed by atoms with Gasteiger partial charge in [0, 0.05) is 18.1 Å². The first kappa shape index (κ1) is 8.30. The summed E-state index contributed by atoms with van der Waals surface area (Å²) in [5.41, 5.74) is -0.0718. The number of allylic oxidation sites excluding steroid dienone is 2. The van der Waals surface area contributed by atoms with Crippen LogP contribution in [-0.2, 0) is 4.79 Å². The molecule has 0 aromatic heterocycles. The van der Waals surface area contributed by atoms with Crippen molar-refractivity contribution in [2.75, 3.05) is 0 Å². The van der Waals surface area contributed by atoms with Gasteiger partial charge in [0.05, 0.1) is 0 Å². The number of carbonyl (C=O) groups is 1. The molecule has 0 aromatic carbocycles. The number of alkyl halides is 3. The number of carbonyl (C=O) groups excluding carboxylic acids is 1. The molecule has 11 heavy (non-hydrogen) atoms. The lowest BCUT2D eigenvalue weighted by Gasteiger charge is -1.99. The first-order valence-corrected chi connectivity index (χ1v) is 3.31. The summed E-state index contributed by atoms with van der Waals surface area (Å²) < 4.78 is 35.0. The van der Waals surface area contributed by atoms with E-state index >= 15 is 0 Å². The summed E-state index contributed by atoms with van der Waals surface area (Å²) in [6.45, 7) is 0. The highest BCUT2D eigenvalue weighted by atomic mass is 19.4. The lowest BCUT2D eigenvalue weighted by molar-refractivity contribution is -0.115.